The van der Waals surface area contributed by atoms with Crippen LogP contribution in [0.25, 0.3) is 0 Å². The first-order valence-corrected chi connectivity index (χ1v) is 6.92. The van der Waals surface area contributed by atoms with Crippen LogP contribution in [0.5, 0.6) is 0 Å². The van der Waals surface area contributed by atoms with Crippen LogP contribution in [-0.4, -0.2) is 19.3 Å². The smallest absolute Gasteiger partial charge is 0.0772 e. The third kappa shape index (κ3) is 3.10. The van der Waals surface area contributed by atoms with Crippen LogP contribution in [0.15, 0.2) is 24.3 Å². The van der Waals surface area contributed by atoms with E-state index in [1.54, 1.807) is 0 Å². The Kier molecular flexibility index (Phi) is 4.46. The summed E-state index contributed by atoms with van der Waals surface area (Å²) in [5.74, 6) is 0. The lowest BCUT2D eigenvalue weighted by Crippen LogP contribution is -2.37. The number of benzene rings is 1. The van der Waals surface area contributed by atoms with E-state index in [-0.39, 0.29) is 0 Å². The summed E-state index contributed by atoms with van der Waals surface area (Å²) in [5.41, 5.74) is 1.21. The van der Waals surface area contributed by atoms with Crippen LogP contribution in [-0.2, 0) is 4.74 Å². The van der Waals surface area contributed by atoms with Gasteiger partial charge in [-0.15, -0.1) is 0 Å². The zero-order valence-corrected chi connectivity index (χ0v) is 11.7. The highest BCUT2D eigenvalue weighted by atomic mass is 127. The third-order valence-electron chi connectivity index (χ3n) is 3.18. The van der Waals surface area contributed by atoms with Crippen molar-refractivity contribution in [3.63, 3.8) is 0 Å². The molecule has 2 nitrogen and oxygen atoms in total. The van der Waals surface area contributed by atoms with Gasteiger partial charge in [-0.05, 0) is 53.6 Å². The van der Waals surface area contributed by atoms with Gasteiger partial charge in [0.1, 0.15) is 0 Å². The van der Waals surface area contributed by atoms with E-state index in [1.165, 1.54) is 34.9 Å². The SMILES string of the molecule is COC1CCCCC1Nc1cccc(I)c1. The molecule has 0 amide bonds. The molecule has 1 aliphatic rings. The Morgan fingerprint density at radius 2 is 2.12 bits per heavy atom. The van der Waals surface area contributed by atoms with Gasteiger partial charge in [-0.2, -0.15) is 0 Å². The van der Waals surface area contributed by atoms with Crippen LogP contribution in [0, 0.1) is 3.57 Å². The quantitative estimate of drug-likeness (QED) is 0.854. The summed E-state index contributed by atoms with van der Waals surface area (Å²) >= 11 is 2.34. The number of nitrogens with one attached hydrogen (secondary N) is 1. The summed E-state index contributed by atoms with van der Waals surface area (Å²) in [6.45, 7) is 0. The van der Waals surface area contributed by atoms with Crippen LogP contribution < -0.4 is 5.32 Å². The Labute approximate surface area is 111 Å². The molecule has 0 radical (unpaired) electrons. The number of anilines is 1. The second kappa shape index (κ2) is 5.87. The highest BCUT2D eigenvalue weighted by Gasteiger charge is 2.24. The Balaban J connectivity index is 2.02. The molecular weight excluding hydrogens is 313 g/mol. The second-order valence-corrected chi connectivity index (χ2v) is 5.57. The molecule has 0 aliphatic heterocycles. The largest absolute Gasteiger partial charge is 0.380 e. The average Bonchev–Trinajstić information content (AvgIpc) is 2.30. The lowest BCUT2D eigenvalue weighted by Gasteiger charge is -2.31. The predicted molar refractivity (Wildman–Crippen MR) is 75.8 cm³/mol. The first kappa shape index (κ1) is 12.2. The van der Waals surface area contributed by atoms with Crippen molar-refractivity contribution in [1.82, 2.24) is 0 Å². The van der Waals surface area contributed by atoms with Crippen molar-refractivity contribution in [3.8, 4) is 0 Å². The fraction of sp³-hybridized carbons (Fsp3) is 0.538. The van der Waals surface area contributed by atoms with Gasteiger partial charge in [-0.25, -0.2) is 0 Å². The van der Waals surface area contributed by atoms with Gasteiger partial charge in [0, 0.05) is 16.4 Å². The molecule has 2 atom stereocenters. The van der Waals surface area contributed by atoms with Crippen LogP contribution >= 0.6 is 22.6 Å². The fourth-order valence-electron chi connectivity index (χ4n) is 2.34. The number of methoxy groups -OCH3 is 1. The molecule has 2 rings (SSSR count). The molecule has 0 spiro atoms. The first-order chi connectivity index (χ1) is 7.79. The molecule has 1 N–H and O–H groups in total. The maximum absolute atomic E-state index is 5.54. The van der Waals surface area contributed by atoms with Gasteiger partial charge in [-0.3, -0.25) is 0 Å². The lowest BCUT2D eigenvalue weighted by molar-refractivity contribution is 0.0606. The van der Waals surface area contributed by atoms with Crippen molar-refractivity contribution in [3.05, 3.63) is 27.8 Å². The van der Waals surface area contributed by atoms with Crippen molar-refractivity contribution >= 4 is 28.3 Å². The fourth-order valence-corrected chi connectivity index (χ4v) is 2.88. The summed E-state index contributed by atoms with van der Waals surface area (Å²) in [7, 11) is 1.82. The van der Waals surface area contributed by atoms with Crippen molar-refractivity contribution in [2.45, 2.75) is 37.8 Å². The van der Waals surface area contributed by atoms with Gasteiger partial charge in [0.05, 0.1) is 12.1 Å². The normalized spacial score (nSPS) is 25.4. The summed E-state index contributed by atoms with van der Waals surface area (Å²) in [6.07, 6.45) is 5.36. The Bertz CT molecular complexity index is 342. The van der Waals surface area contributed by atoms with Gasteiger partial charge < -0.3 is 10.1 Å². The van der Waals surface area contributed by atoms with Crippen molar-refractivity contribution < 1.29 is 4.74 Å². The molecule has 3 heteroatoms. The summed E-state index contributed by atoms with van der Waals surface area (Å²) in [5, 5.41) is 3.59. The monoisotopic (exact) mass is 331 g/mol. The first-order valence-electron chi connectivity index (χ1n) is 5.84. The average molecular weight is 331 g/mol. The molecule has 1 aromatic carbocycles. The van der Waals surface area contributed by atoms with Crippen molar-refractivity contribution in [2.75, 3.05) is 12.4 Å². The lowest BCUT2D eigenvalue weighted by atomic mass is 9.92. The second-order valence-electron chi connectivity index (χ2n) is 4.32. The van der Waals surface area contributed by atoms with Gasteiger partial charge in [0.25, 0.3) is 0 Å². The highest BCUT2D eigenvalue weighted by Crippen LogP contribution is 2.24. The minimum atomic E-state index is 0.367. The molecule has 2 unspecified atom stereocenters. The summed E-state index contributed by atoms with van der Waals surface area (Å²) in [6, 6.07) is 8.98. The van der Waals surface area contributed by atoms with Crippen molar-refractivity contribution in [2.24, 2.45) is 0 Å². The minimum absolute atomic E-state index is 0.367. The molecule has 0 saturated heterocycles. The molecule has 1 aliphatic carbocycles. The Morgan fingerprint density at radius 3 is 2.88 bits per heavy atom. The van der Waals surface area contributed by atoms with E-state index < -0.39 is 0 Å². The van der Waals surface area contributed by atoms with E-state index in [4.69, 9.17) is 4.74 Å². The van der Waals surface area contributed by atoms with E-state index in [0.717, 1.165) is 0 Å². The van der Waals surface area contributed by atoms with E-state index in [2.05, 4.69) is 52.2 Å². The highest BCUT2D eigenvalue weighted by molar-refractivity contribution is 14.1. The van der Waals surface area contributed by atoms with Gasteiger partial charge >= 0.3 is 0 Å². The summed E-state index contributed by atoms with van der Waals surface area (Å²) in [4.78, 5) is 0. The number of hydrogen-bond donors (Lipinski definition) is 1. The molecule has 16 heavy (non-hydrogen) atoms. The minimum Gasteiger partial charge on any atom is -0.380 e. The van der Waals surface area contributed by atoms with Gasteiger partial charge in [0.2, 0.25) is 0 Å². The number of rotatable bonds is 3. The van der Waals surface area contributed by atoms with E-state index >= 15 is 0 Å². The molecule has 0 bridgehead atoms. The molecule has 0 aromatic heterocycles. The topological polar surface area (TPSA) is 21.3 Å². The van der Waals surface area contributed by atoms with E-state index in [9.17, 15) is 0 Å². The van der Waals surface area contributed by atoms with Crippen LogP contribution in [0.3, 0.4) is 0 Å². The summed E-state index contributed by atoms with van der Waals surface area (Å²) < 4.78 is 6.81. The van der Waals surface area contributed by atoms with Crippen LogP contribution in [0.1, 0.15) is 25.7 Å². The maximum atomic E-state index is 5.54. The Hall–Kier alpha value is -0.290. The zero-order valence-electron chi connectivity index (χ0n) is 9.58. The molecular formula is C13H18INO. The Morgan fingerprint density at radius 1 is 1.31 bits per heavy atom. The number of halogens is 1. The van der Waals surface area contributed by atoms with Crippen LogP contribution in [0.2, 0.25) is 0 Å². The molecule has 0 heterocycles. The molecule has 1 saturated carbocycles. The zero-order chi connectivity index (χ0) is 11.4. The third-order valence-corrected chi connectivity index (χ3v) is 3.85. The van der Waals surface area contributed by atoms with Gasteiger partial charge in [-0.1, -0.05) is 18.9 Å². The number of hydrogen-bond acceptors (Lipinski definition) is 2. The van der Waals surface area contributed by atoms with E-state index in [0.29, 0.717) is 12.1 Å². The molecule has 1 aromatic rings. The van der Waals surface area contributed by atoms with Gasteiger partial charge in [0.15, 0.2) is 0 Å². The van der Waals surface area contributed by atoms with Crippen LogP contribution in [0.4, 0.5) is 5.69 Å². The van der Waals surface area contributed by atoms with Crippen molar-refractivity contribution in [1.29, 1.82) is 0 Å². The standard InChI is InChI=1S/C13H18INO/c1-16-13-8-3-2-7-12(13)15-11-6-4-5-10(14)9-11/h4-6,9,12-13,15H,2-3,7-8H2,1H3. The predicted octanol–water partition coefficient (Wildman–Crippen LogP) is 3.66. The maximum Gasteiger partial charge on any atom is 0.0772 e. The number of ether oxygens (including phenoxy) is 1. The van der Waals surface area contributed by atoms with E-state index in [1.807, 2.05) is 7.11 Å². The molecule has 1 fully saturated rings. The molecule has 88 valence electrons.